The number of carbonyl (C=O) groups excluding carboxylic acids is 2. The van der Waals surface area contributed by atoms with Gasteiger partial charge in [0, 0.05) is 10.5 Å². The smallest absolute Gasteiger partial charge is 0.272 e. The zero-order valence-corrected chi connectivity index (χ0v) is 16.0. The summed E-state index contributed by atoms with van der Waals surface area (Å²) in [5.41, 5.74) is 1.52. The lowest BCUT2D eigenvalue weighted by atomic mass is 10.0. The van der Waals surface area contributed by atoms with Gasteiger partial charge in [-0.15, -0.1) is 0 Å². The molecule has 0 N–H and O–H groups in total. The summed E-state index contributed by atoms with van der Waals surface area (Å²) in [5, 5.41) is 0. The number of hydrogen-bond acceptors (Lipinski definition) is 4. The molecule has 4 rings (SSSR count). The largest absolute Gasteiger partial charge is 0.496 e. The molecule has 0 saturated heterocycles. The Morgan fingerprint density at radius 2 is 1.36 bits per heavy atom. The van der Waals surface area contributed by atoms with Gasteiger partial charge in [-0.25, -0.2) is 4.90 Å². The number of benzene rings is 3. The molecule has 0 aliphatic carbocycles. The number of anilines is 1. The van der Waals surface area contributed by atoms with Crippen molar-refractivity contribution >= 4 is 34.8 Å². The molecule has 2 amide bonds. The monoisotopic (exact) mass is 387 g/mol. The zero-order chi connectivity index (χ0) is 19.5. The maximum absolute atomic E-state index is 13.4. The van der Waals surface area contributed by atoms with Crippen LogP contribution in [0.25, 0.3) is 5.57 Å². The van der Waals surface area contributed by atoms with Gasteiger partial charge in [-0.1, -0.05) is 66.4 Å². The van der Waals surface area contributed by atoms with Crippen LogP contribution >= 0.6 is 11.8 Å². The Morgan fingerprint density at radius 3 is 2.04 bits per heavy atom. The molecule has 0 bridgehead atoms. The minimum atomic E-state index is -0.348. The molecule has 0 radical (unpaired) electrons. The first-order valence-corrected chi connectivity index (χ1v) is 9.56. The van der Waals surface area contributed by atoms with Crippen LogP contribution in [0.2, 0.25) is 0 Å². The average molecular weight is 387 g/mol. The van der Waals surface area contributed by atoms with E-state index in [0.717, 1.165) is 4.90 Å². The van der Waals surface area contributed by atoms with Gasteiger partial charge < -0.3 is 4.74 Å². The van der Waals surface area contributed by atoms with Crippen molar-refractivity contribution in [1.82, 2.24) is 0 Å². The van der Waals surface area contributed by atoms with Crippen LogP contribution in [0.3, 0.4) is 0 Å². The van der Waals surface area contributed by atoms with Crippen molar-refractivity contribution in [2.45, 2.75) is 4.90 Å². The van der Waals surface area contributed by atoms with Crippen molar-refractivity contribution < 1.29 is 14.3 Å². The highest BCUT2D eigenvalue weighted by Gasteiger charge is 2.41. The molecule has 1 heterocycles. The number of ether oxygens (including phenoxy) is 1. The molecule has 1 aliphatic heterocycles. The summed E-state index contributed by atoms with van der Waals surface area (Å²) in [6.45, 7) is 0. The normalized spacial score (nSPS) is 14.0. The van der Waals surface area contributed by atoms with Crippen LogP contribution < -0.4 is 9.64 Å². The number of carbonyl (C=O) groups is 2. The summed E-state index contributed by atoms with van der Waals surface area (Å²) in [6, 6.07) is 25.8. The van der Waals surface area contributed by atoms with Crippen LogP contribution in [0.15, 0.2) is 94.7 Å². The molecule has 3 aromatic carbocycles. The van der Waals surface area contributed by atoms with E-state index >= 15 is 0 Å². The fourth-order valence-corrected chi connectivity index (χ4v) is 4.12. The third-order valence-corrected chi connectivity index (χ3v) is 5.49. The van der Waals surface area contributed by atoms with Crippen LogP contribution in [-0.2, 0) is 9.59 Å². The molecule has 0 spiro atoms. The summed E-state index contributed by atoms with van der Waals surface area (Å²) in [7, 11) is 1.56. The molecule has 0 aromatic heterocycles. The van der Waals surface area contributed by atoms with Crippen molar-refractivity contribution in [1.29, 1.82) is 0 Å². The molecule has 0 atom stereocenters. The van der Waals surface area contributed by atoms with E-state index in [1.54, 1.807) is 43.5 Å². The first-order chi connectivity index (χ1) is 13.7. The highest BCUT2D eigenvalue weighted by atomic mass is 32.2. The van der Waals surface area contributed by atoms with E-state index in [4.69, 9.17) is 4.74 Å². The summed E-state index contributed by atoms with van der Waals surface area (Å²) >= 11 is 1.30. The second-order valence-corrected chi connectivity index (χ2v) is 7.18. The third-order valence-electron chi connectivity index (χ3n) is 4.40. The lowest BCUT2D eigenvalue weighted by Gasteiger charge is -2.15. The minimum absolute atomic E-state index is 0.328. The number of imide groups is 1. The van der Waals surface area contributed by atoms with Gasteiger partial charge in [0.25, 0.3) is 11.8 Å². The zero-order valence-electron chi connectivity index (χ0n) is 15.2. The average Bonchev–Trinajstić information content (AvgIpc) is 2.99. The second kappa shape index (κ2) is 7.74. The van der Waals surface area contributed by atoms with Crippen LogP contribution in [0.5, 0.6) is 5.75 Å². The van der Waals surface area contributed by atoms with Gasteiger partial charge in [-0.05, 0) is 30.3 Å². The Bertz CT molecular complexity index is 1060. The maximum Gasteiger partial charge on any atom is 0.272 e. The third kappa shape index (κ3) is 3.21. The highest BCUT2D eigenvalue weighted by molar-refractivity contribution is 8.04. The number of methoxy groups -OCH3 is 1. The Labute approximate surface area is 167 Å². The van der Waals surface area contributed by atoms with E-state index in [0.29, 0.717) is 27.5 Å². The summed E-state index contributed by atoms with van der Waals surface area (Å²) < 4.78 is 5.46. The molecule has 4 nitrogen and oxygen atoms in total. The lowest BCUT2D eigenvalue weighted by Crippen LogP contribution is -2.31. The Morgan fingerprint density at radius 1 is 0.750 bits per heavy atom. The SMILES string of the molecule is COc1ccccc1C1=C(Sc2ccccc2)C(=O)N(c2ccccc2)C1=O. The van der Waals surface area contributed by atoms with Gasteiger partial charge in [0.15, 0.2) is 0 Å². The standard InChI is InChI=1S/C23H17NO3S/c1-27-19-15-9-8-14-18(19)20-21(28-17-12-6-3-7-13-17)23(26)24(22(20)25)16-10-4-2-5-11-16/h2-15H,1H3. The maximum atomic E-state index is 13.4. The van der Waals surface area contributed by atoms with E-state index in [9.17, 15) is 9.59 Å². The van der Waals surface area contributed by atoms with Crippen LogP contribution in [-0.4, -0.2) is 18.9 Å². The van der Waals surface area contributed by atoms with Crippen LogP contribution in [0, 0.1) is 0 Å². The van der Waals surface area contributed by atoms with Gasteiger partial charge in [0.2, 0.25) is 0 Å². The highest BCUT2D eigenvalue weighted by Crippen LogP contribution is 2.43. The van der Waals surface area contributed by atoms with E-state index < -0.39 is 0 Å². The number of hydrogen-bond donors (Lipinski definition) is 0. The van der Waals surface area contributed by atoms with Crippen molar-refractivity contribution in [3.63, 3.8) is 0 Å². The molecule has 0 saturated carbocycles. The van der Waals surface area contributed by atoms with Gasteiger partial charge in [0.05, 0.1) is 23.3 Å². The van der Waals surface area contributed by atoms with E-state index in [1.165, 1.54) is 16.7 Å². The molecular formula is C23H17NO3S. The van der Waals surface area contributed by atoms with Gasteiger partial charge in [0.1, 0.15) is 5.75 Å². The summed E-state index contributed by atoms with van der Waals surface area (Å²) in [6.07, 6.45) is 0. The first kappa shape index (κ1) is 18.1. The first-order valence-electron chi connectivity index (χ1n) is 8.75. The van der Waals surface area contributed by atoms with Crippen molar-refractivity contribution in [3.05, 3.63) is 95.4 Å². The van der Waals surface area contributed by atoms with Crippen molar-refractivity contribution in [3.8, 4) is 5.75 Å². The predicted molar refractivity (Wildman–Crippen MR) is 111 cm³/mol. The van der Waals surface area contributed by atoms with E-state index in [1.807, 2.05) is 48.5 Å². The fourth-order valence-electron chi connectivity index (χ4n) is 3.11. The fraction of sp³-hybridized carbons (Fsp3) is 0.0435. The molecule has 28 heavy (non-hydrogen) atoms. The molecular weight excluding hydrogens is 370 g/mol. The van der Waals surface area contributed by atoms with Gasteiger partial charge in [-0.3, -0.25) is 9.59 Å². The lowest BCUT2D eigenvalue weighted by molar-refractivity contribution is -0.119. The minimum Gasteiger partial charge on any atom is -0.496 e. The number of para-hydroxylation sites is 2. The van der Waals surface area contributed by atoms with Crippen LogP contribution in [0.4, 0.5) is 5.69 Å². The molecule has 1 aliphatic rings. The Hall–Kier alpha value is -3.31. The van der Waals surface area contributed by atoms with Crippen molar-refractivity contribution in [2.24, 2.45) is 0 Å². The van der Waals surface area contributed by atoms with Gasteiger partial charge in [-0.2, -0.15) is 0 Å². The molecule has 3 aromatic rings. The van der Waals surface area contributed by atoms with Crippen LogP contribution in [0.1, 0.15) is 5.56 Å². The number of rotatable bonds is 5. The number of nitrogens with zero attached hydrogens (tertiary/aromatic N) is 1. The number of thioether (sulfide) groups is 1. The molecule has 138 valence electrons. The Kier molecular flexibility index (Phi) is 5.00. The summed E-state index contributed by atoms with van der Waals surface area (Å²) in [4.78, 5) is 29.2. The molecule has 0 fully saturated rings. The van der Waals surface area contributed by atoms with E-state index in [-0.39, 0.29) is 11.8 Å². The van der Waals surface area contributed by atoms with Crippen molar-refractivity contribution in [2.75, 3.05) is 12.0 Å². The summed E-state index contributed by atoms with van der Waals surface area (Å²) in [5.74, 6) is -0.121. The van der Waals surface area contributed by atoms with Gasteiger partial charge >= 0.3 is 0 Å². The van der Waals surface area contributed by atoms with E-state index in [2.05, 4.69) is 0 Å². The molecule has 5 heteroatoms. The Balaban J connectivity index is 1.87. The molecule has 0 unspecified atom stereocenters. The quantitative estimate of drug-likeness (QED) is 0.592. The number of amides is 2. The topological polar surface area (TPSA) is 46.6 Å². The predicted octanol–water partition coefficient (Wildman–Crippen LogP) is 4.77. The second-order valence-electron chi connectivity index (χ2n) is 6.10.